The molecule has 0 saturated heterocycles. The third-order valence-electron chi connectivity index (χ3n) is 1.82. The van der Waals surface area contributed by atoms with Crippen LogP contribution < -0.4 is 0 Å². The number of furan rings is 2. The molecule has 0 saturated carbocycles. The highest BCUT2D eigenvalue weighted by Gasteiger charge is 2.04. The fourth-order valence-corrected chi connectivity index (χ4v) is 1.69. The van der Waals surface area contributed by atoms with Gasteiger partial charge < -0.3 is 17.9 Å². The van der Waals surface area contributed by atoms with Crippen LogP contribution in [-0.4, -0.2) is 0 Å². The van der Waals surface area contributed by atoms with Crippen molar-refractivity contribution >= 4 is 8.25 Å². The maximum absolute atomic E-state index is 11.3. The van der Waals surface area contributed by atoms with E-state index in [2.05, 4.69) is 0 Å². The standard InChI is InChI=1S/C10H11O5P/c11-16(14-7-9-3-1-5-12-9)15-8-10-4-2-6-13-10/h1-6,16H,7-8H2. The van der Waals surface area contributed by atoms with Crippen LogP contribution in [-0.2, 0) is 26.8 Å². The van der Waals surface area contributed by atoms with Crippen molar-refractivity contribution in [3.63, 3.8) is 0 Å². The summed E-state index contributed by atoms with van der Waals surface area (Å²) >= 11 is 0. The zero-order valence-electron chi connectivity index (χ0n) is 8.42. The Kier molecular flexibility index (Phi) is 3.99. The highest BCUT2D eigenvalue weighted by atomic mass is 31.1. The highest BCUT2D eigenvalue weighted by Crippen LogP contribution is 2.27. The van der Waals surface area contributed by atoms with Gasteiger partial charge in [0, 0.05) is 0 Å². The average Bonchev–Trinajstić information content (AvgIpc) is 2.96. The number of hydrogen-bond acceptors (Lipinski definition) is 5. The molecule has 0 aliphatic heterocycles. The van der Waals surface area contributed by atoms with E-state index in [9.17, 15) is 4.57 Å². The van der Waals surface area contributed by atoms with Crippen molar-refractivity contribution in [3.05, 3.63) is 48.3 Å². The van der Waals surface area contributed by atoms with Crippen LogP contribution in [0.1, 0.15) is 11.5 Å². The average molecular weight is 242 g/mol. The van der Waals surface area contributed by atoms with Crippen molar-refractivity contribution in [1.82, 2.24) is 0 Å². The summed E-state index contributed by atoms with van der Waals surface area (Å²) in [6.07, 6.45) is 3.05. The van der Waals surface area contributed by atoms with Crippen LogP contribution in [0.4, 0.5) is 0 Å². The van der Waals surface area contributed by atoms with Crippen molar-refractivity contribution in [1.29, 1.82) is 0 Å². The zero-order chi connectivity index (χ0) is 11.2. The smallest absolute Gasteiger partial charge is 0.320 e. The van der Waals surface area contributed by atoms with Crippen LogP contribution in [0.2, 0.25) is 0 Å². The molecule has 2 aromatic heterocycles. The summed E-state index contributed by atoms with van der Waals surface area (Å²) in [5.41, 5.74) is 0. The summed E-state index contributed by atoms with van der Waals surface area (Å²) < 4.78 is 31.3. The van der Waals surface area contributed by atoms with Crippen molar-refractivity contribution < 1.29 is 22.4 Å². The zero-order valence-corrected chi connectivity index (χ0v) is 9.42. The number of hydrogen-bond donors (Lipinski definition) is 0. The first kappa shape index (κ1) is 11.2. The minimum atomic E-state index is -2.51. The van der Waals surface area contributed by atoms with Crippen LogP contribution in [0.3, 0.4) is 0 Å². The molecule has 0 bridgehead atoms. The lowest BCUT2D eigenvalue weighted by Crippen LogP contribution is -1.87. The Morgan fingerprint density at radius 1 is 1.00 bits per heavy atom. The lowest BCUT2D eigenvalue weighted by molar-refractivity contribution is 0.190. The first-order valence-electron chi connectivity index (χ1n) is 4.69. The van der Waals surface area contributed by atoms with E-state index in [1.165, 1.54) is 12.5 Å². The van der Waals surface area contributed by atoms with Gasteiger partial charge in [-0.3, -0.25) is 4.57 Å². The Hall–Kier alpha value is -1.29. The lowest BCUT2D eigenvalue weighted by atomic mass is 10.5. The molecule has 0 aromatic carbocycles. The molecule has 0 unspecified atom stereocenters. The van der Waals surface area contributed by atoms with E-state index in [4.69, 9.17) is 17.9 Å². The molecule has 16 heavy (non-hydrogen) atoms. The molecule has 0 spiro atoms. The lowest BCUT2D eigenvalue weighted by Gasteiger charge is -2.02. The molecule has 2 rings (SSSR count). The van der Waals surface area contributed by atoms with Crippen LogP contribution >= 0.6 is 8.25 Å². The molecular weight excluding hydrogens is 231 g/mol. The maximum atomic E-state index is 11.3. The van der Waals surface area contributed by atoms with Crippen LogP contribution in [0.15, 0.2) is 45.6 Å². The van der Waals surface area contributed by atoms with Gasteiger partial charge in [0.25, 0.3) is 0 Å². The van der Waals surface area contributed by atoms with E-state index in [1.807, 2.05) is 0 Å². The molecule has 2 heterocycles. The van der Waals surface area contributed by atoms with Crippen molar-refractivity contribution in [2.45, 2.75) is 13.2 Å². The van der Waals surface area contributed by atoms with Gasteiger partial charge in [0.15, 0.2) is 0 Å². The fourth-order valence-electron chi connectivity index (χ4n) is 1.09. The topological polar surface area (TPSA) is 61.8 Å². The van der Waals surface area contributed by atoms with Crippen LogP contribution in [0, 0.1) is 0 Å². The Morgan fingerprint density at radius 2 is 1.50 bits per heavy atom. The Balaban J connectivity index is 1.69. The Labute approximate surface area is 92.9 Å². The van der Waals surface area contributed by atoms with Gasteiger partial charge >= 0.3 is 8.25 Å². The number of rotatable bonds is 6. The maximum Gasteiger partial charge on any atom is 0.320 e. The van der Waals surface area contributed by atoms with E-state index < -0.39 is 8.25 Å². The van der Waals surface area contributed by atoms with E-state index in [-0.39, 0.29) is 13.2 Å². The molecule has 0 amide bonds. The molecule has 6 heteroatoms. The normalized spacial score (nSPS) is 11.1. The summed E-state index contributed by atoms with van der Waals surface area (Å²) in [6.45, 7) is 0.284. The molecule has 0 atom stereocenters. The van der Waals surface area contributed by atoms with Gasteiger partial charge in [-0.25, -0.2) is 0 Å². The van der Waals surface area contributed by atoms with E-state index in [1.54, 1.807) is 24.3 Å². The predicted octanol–water partition coefficient (Wildman–Crippen LogP) is 3.00. The van der Waals surface area contributed by atoms with Gasteiger partial charge in [0.05, 0.1) is 12.5 Å². The first-order valence-corrected chi connectivity index (χ1v) is 5.91. The predicted molar refractivity (Wildman–Crippen MR) is 56.0 cm³/mol. The molecule has 86 valence electrons. The minimum absolute atomic E-state index is 0.142. The second-order valence-corrected chi connectivity index (χ2v) is 4.06. The van der Waals surface area contributed by atoms with Gasteiger partial charge in [0.1, 0.15) is 24.7 Å². The third kappa shape index (κ3) is 3.38. The highest BCUT2D eigenvalue weighted by molar-refractivity contribution is 7.33. The van der Waals surface area contributed by atoms with Crippen molar-refractivity contribution in [2.24, 2.45) is 0 Å². The molecule has 0 N–H and O–H groups in total. The molecule has 0 fully saturated rings. The molecular formula is C10H11O5P. The molecule has 0 aliphatic rings. The Bertz CT molecular complexity index is 380. The summed E-state index contributed by atoms with van der Waals surface area (Å²) in [7, 11) is -2.51. The largest absolute Gasteiger partial charge is 0.467 e. The summed E-state index contributed by atoms with van der Waals surface area (Å²) in [6, 6.07) is 6.95. The molecule has 0 aliphatic carbocycles. The summed E-state index contributed by atoms with van der Waals surface area (Å²) in [4.78, 5) is 0. The molecule has 5 nitrogen and oxygen atoms in total. The fraction of sp³-hybridized carbons (Fsp3) is 0.200. The second kappa shape index (κ2) is 5.70. The Morgan fingerprint density at radius 3 is 1.88 bits per heavy atom. The monoisotopic (exact) mass is 242 g/mol. The van der Waals surface area contributed by atoms with Gasteiger partial charge in [-0.2, -0.15) is 0 Å². The minimum Gasteiger partial charge on any atom is -0.467 e. The van der Waals surface area contributed by atoms with Crippen LogP contribution in [0.25, 0.3) is 0 Å². The van der Waals surface area contributed by atoms with E-state index in [0.29, 0.717) is 11.5 Å². The first-order chi connectivity index (χ1) is 7.84. The third-order valence-corrected chi connectivity index (χ3v) is 2.58. The van der Waals surface area contributed by atoms with Crippen molar-refractivity contribution in [3.8, 4) is 0 Å². The van der Waals surface area contributed by atoms with Gasteiger partial charge in [0.2, 0.25) is 0 Å². The van der Waals surface area contributed by atoms with Gasteiger partial charge in [-0.15, -0.1) is 0 Å². The summed E-state index contributed by atoms with van der Waals surface area (Å²) in [5, 5.41) is 0. The van der Waals surface area contributed by atoms with Gasteiger partial charge in [-0.05, 0) is 24.3 Å². The van der Waals surface area contributed by atoms with E-state index in [0.717, 1.165) is 0 Å². The molecule has 0 radical (unpaired) electrons. The van der Waals surface area contributed by atoms with Crippen molar-refractivity contribution in [2.75, 3.05) is 0 Å². The molecule has 2 aromatic rings. The quantitative estimate of drug-likeness (QED) is 0.728. The summed E-state index contributed by atoms with van der Waals surface area (Å²) in [5.74, 6) is 1.22. The second-order valence-electron chi connectivity index (χ2n) is 2.99. The van der Waals surface area contributed by atoms with E-state index >= 15 is 0 Å². The van der Waals surface area contributed by atoms with Gasteiger partial charge in [-0.1, -0.05) is 0 Å². The SMILES string of the molecule is O=[PH](OCc1ccco1)OCc1ccco1. The van der Waals surface area contributed by atoms with Crippen LogP contribution in [0.5, 0.6) is 0 Å².